The molecule has 4 rings (SSSR count). The molecule has 2 aromatic carbocycles. The lowest BCUT2D eigenvalue weighted by Crippen LogP contribution is -2.17. The Morgan fingerprint density at radius 2 is 2.11 bits per heavy atom. The number of fused-ring (bicyclic) bond motifs is 3. The normalized spacial score (nSPS) is 14.9. The number of nitrogens with one attached hydrogen (secondary N) is 1. The van der Waals surface area contributed by atoms with E-state index >= 15 is 0 Å². The van der Waals surface area contributed by atoms with E-state index in [9.17, 15) is 5.11 Å². The Balaban J connectivity index is 1.88. The molecule has 1 atom stereocenters. The topological polar surface area (TPSA) is 89.4 Å². The van der Waals surface area contributed by atoms with Crippen LogP contribution in [0.25, 0.3) is 11.3 Å². The van der Waals surface area contributed by atoms with Gasteiger partial charge < -0.3 is 19.9 Å². The van der Waals surface area contributed by atoms with Gasteiger partial charge >= 0.3 is 0 Å². The first-order valence-electron chi connectivity index (χ1n) is 8.08. The summed E-state index contributed by atoms with van der Waals surface area (Å²) in [5, 5.41) is 22.5. The van der Waals surface area contributed by atoms with E-state index in [0.29, 0.717) is 22.3 Å². The Hall–Kier alpha value is -2.23. The first kappa shape index (κ1) is 19.1. The molecule has 0 unspecified atom stereocenters. The summed E-state index contributed by atoms with van der Waals surface area (Å²) in [6, 6.07) is 9.02. The summed E-state index contributed by atoms with van der Waals surface area (Å²) in [6.07, 6.45) is 1.23. The molecule has 144 valence electrons. The highest BCUT2D eigenvalue weighted by atomic mass is 79.9. The highest BCUT2D eigenvalue weighted by Crippen LogP contribution is 2.43. The number of aromatic nitrogens is 3. The predicted octanol–water partition coefficient (Wildman–Crippen LogP) is 4.89. The van der Waals surface area contributed by atoms with Gasteiger partial charge in [-0.2, -0.15) is 4.98 Å². The van der Waals surface area contributed by atoms with Gasteiger partial charge in [0.25, 0.3) is 0 Å². The van der Waals surface area contributed by atoms with Crippen molar-refractivity contribution < 1.29 is 14.6 Å². The smallest absolute Gasteiger partial charge is 0.247 e. The zero-order valence-corrected chi connectivity index (χ0v) is 17.9. The van der Waals surface area contributed by atoms with Crippen LogP contribution in [0.5, 0.6) is 17.4 Å². The largest absolute Gasteiger partial charge is 0.503 e. The van der Waals surface area contributed by atoms with E-state index in [1.807, 2.05) is 24.5 Å². The third-order valence-corrected chi connectivity index (χ3v) is 5.46. The van der Waals surface area contributed by atoms with Gasteiger partial charge in [0.15, 0.2) is 23.4 Å². The number of thioether (sulfide) groups is 1. The van der Waals surface area contributed by atoms with Gasteiger partial charge in [-0.1, -0.05) is 39.3 Å². The number of benzene rings is 2. The minimum absolute atomic E-state index is 0.125. The van der Waals surface area contributed by atoms with Crippen LogP contribution in [0.1, 0.15) is 11.8 Å². The number of hydrogen-bond donors (Lipinski definition) is 2. The standard InChI is InChI=1S/C18H14BrClN4O3S/c1-26-13-6-8(5-11(20)15(13)25)16-21-12-4-3-9(19)7-10(12)14-17(27-16)22-18(28-2)24-23-14/h3-7,16,21,25H,1-2H3/t16-/m0/s1. The number of rotatable bonds is 3. The molecule has 2 heterocycles. The number of methoxy groups -OCH3 is 1. The van der Waals surface area contributed by atoms with E-state index < -0.39 is 6.23 Å². The van der Waals surface area contributed by atoms with Crippen LogP contribution in [-0.4, -0.2) is 33.7 Å². The molecule has 0 spiro atoms. The molecule has 2 N–H and O–H groups in total. The van der Waals surface area contributed by atoms with Crippen molar-refractivity contribution in [3.8, 4) is 28.6 Å². The van der Waals surface area contributed by atoms with Crippen molar-refractivity contribution >= 4 is 45.0 Å². The van der Waals surface area contributed by atoms with Gasteiger partial charge in [0.05, 0.1) is 12.1 Å². The SMILES string of the molecule is COc1cc([C@H]2Nc3ccc(Br)cc3-c3nnc(SC)nc3O2)cc(Cl)c1O. The van der Waals surface area contributed by atoms with Crippen LogP contribution in [0.3, 0.4) is 0 Å². The van der Waals surface area contributed by atoms with E-state index in [2.05, 4.69) is 36.4 Å². The minimum atomic E-state index is -0.639. The Morgan fingerprint density at radius 1 is 1.29 bits per heavy atom. The zero-order chi connectivity index (χ0) is 19.8. The highest BCUT2D eigenvalue weighted by molar-refractivity contribution is 9.10. The first-order chi connectivity index (χ1) is 13.5. The van der Waals surface area contributed by atoms with Crippen LogP contribution >= 0.6 is 39.3 Å². The number of phenolic OH excluding ortho intramolecular Hbond substituents is 1. The molecule has 0 radical (unpaired) electrons. The van der Waals surface area contributed by atoms with Crippen molar-refractivity contribution in [1.82, 2.24) is 15.2 Å². The molecule has 1 aromatic heterocycles. The van der Waals surface area contributed by atoms with Crippen molar-refractivity contribution in [1.29, 1.82) is 0 Å². The average molecular weight is 482 g/mol. The van der Waals surface area contributed by atoms with Crippen molar-refractivity contribution in [3.63, 3.8) is 0 Å². The van der Waals surface area contributed by atoms with E-state index in [1.54, 1.807) is 12.1 Å². The molecule has 1 aliphatic rings. The summed E-state index contributed by atoms with van der Waals surface area (Å²) >= 11 is 11.0. The Kier molecular flexibility index (Phi) is 5.22. The van der Waals surface area contributed by atoms with Gasteiger partial charge in [-0.05, 0) is 36.6 Å². The van der Waals surface area contributed by atoms with E-state index in [0.717, 1.165) is 15.7 Å². The number of aromatic hydroxyl groups is 1. The zero-order valence-electron chi connectivity index (χ0n) is 14.7. The van der Waals surface area contributed by atoms with Crippen molar-refractivity contribution in [3.05, 3.63) is 45.4 Å². The third kappa shape index (κ3) is 3.45. The fraction of sp³-hybridized carbons (Fsp3) is 0.167. The Morgan fingerprint density at radius 3 is 2.86 bits per heavy atom. The van der Waals surface area contributed by atoms with Gasteiger partial charge in [0.1, 0.15) is 0 Å². The van der Waals surface area contributed by atoms with Gasteiger partial charge in [-0.15, -0.1) is 10.2 Å². The molecular formula is C18H14BrClN4O3S. The second-order valence-corrected chi connectivity index (χ2v) is 7.93. The molecule has 7 nitrogen and oxygen atoms in total. The Labute approximate surface area is 178 Å². The third-order valence-electron chi connectivity index (χ3n) is 4.14. The molecule has 0 bridgehead atoms. The molecule has 0 aliphatic carbocycles. The lowest BCUT2D eigenvalue weighted by molar-refractivity contribution is 0.224. The summed E-state index contributed by atoms with van der Waals surface area (Å²) in [7, 11) is 1.46. The molecule has 10 heteroatoms. The lowest BCUT2D eigenvalue weighted by atomic mass is 10.1. The van der Waals surface area contributed by atoms with Crippen LogP contribution in [0.15, 0.2) is 40.0 Å². The van der Waals surface area contributed by atoms with E-state index in [1.165, 1.54) is 18.9 Å². The lowest BCUT2D eigenvalue weighted by Gasteiger charge is -2.20. The van der Waals surface area contributed by atoms with Crippen LogP contribution in [0.2, 0.25) is 5.02 Å². The minimum Gasteiger partial charge on any atom is -0.503 e. The number of ether oxygens (including phenoxy) is 2. The summed E-state index contributed by atoms with van der Waals surface area (Å²) < 4.78 is 12.3. The number of halogens is 2. The maximum atomic E-state index is 10.0. The molecule has 1 aliphatic heterocycles. The average Bonchev–Trinajstić information content (AvgIpc) is 2.86. The van der Waals surface area contributed by atoms with Gasteiger partial charge in [-0.25, -0.2) is 0 Å². The molecule has 3 aromatic rings. The number of anilines is 1. The molecule has 0 saturated heterocycles. The number of nitrogens with zero attached hydrogens (tertiary/aromatic N) is 3. The summed E-state index contributed by atoms with van der Waals surface area (Å²) in [4.78, 5) is 4.48. The quantitative estimate of drug-likeness (QED) is 0.511. The summed E-state index contributed by atoms with van der Waals surface area (Å²) in [5.41, 5.74) is 2.78. The van der Waals surface area contributed by atoms with Gasteiger partial charge in [0, 0.05) is 21.3 Å². The highest BCUT2D eigenvalue weighted by Gasteiger charge is 2.27. The second-order valence-electron chi connectivity index (χ2n) is 5.84. The van der Waals surface area contributed by atoms with Crippen molar-refractivity contribution in [2.75, 3.05) is 18.7 Å². The van der Waals surface area contributed by atoms with Crippen LogP contribution < -0.4 is 14.8 Å². The van der Waals surface area contributed by atoms with E-state index in [4.69, 9.17) is 21.1 Å². The fourth-order valence-electron chi connectivity index (χ4n) is 2.81. The summed E-state index contributed by atoms with van der Waals surface area (Å²) in [5.74, 6) is 0.468. The van der Waals surface area contributed by atoms with Crippen LogP contribution in [-0.2, 0) is 0 Å². The molecule has 0 saturated carbocycles. The molecule has 0 fully saturated rings. The maximum absolute atomic E-state index is 10.0. The molecular weight excluding hydrogens is 468 g/mol. The molecule has 0 amide bonds. The van der Waals surface area contributed by atoms with Crippen molar-refractivity contribution in [2.24, 2.45) is 0 Å². The van der Waals surface area contributed by atoms with Gasteiger partial charge in [0.2, 0.25) is 11.0 Å². The second kappa shape index (κ2) is 7.65. The van der Waals surface area contributed by atoms with Crippen molar-refractivity contribution in [2.45, 2.75) is 11.4 Å². The van der Waals surface area contributed by atoms with Crippen LogP contribution in [0.4, 0.5) is 5.69 Å². The fourth-order valence-corrected chi connectivity index (χ4v) is 3.69. The first-order valence-corrected chi connectivity index (χ1v) is 10.5. The maximum Gasteiger partial charge on any atom is 0.247 e. The van der Waals surface area contributed by atoms with E-state index in [-0.39, 0.29) is 16.5 Å². The van der Waals surface area contributed by atoms with Crippen LogP contribution in [0, 0.1) is 0 Å². The number of phenols is 1. The molecule has 28 heavy (non-hydrogen) atoms. The predicted molar refractivity (Wildman–Crippen MR) is 111 cm³/mol. The number of hydrogen-bond acceptors (Lipinski definition) is 8. The Bertz CT molecular complexity index is 1070. The summed E-state index contributed by atoms with van der Waals surface area (Å²) in [6.45, 7) is 0. The monoisotopic (exact) mass is 480 g/mol. The van der Waals surface area contributed by atoms with Gasteiger partial charge in [-0.3, -0.25) is 0 Å².